The van der Waals surface area contributed by atoms with Crippen LogP contribution in [-0.4, -0.2) is 19.9 Å². The van der Waals surface area contributed by atoms with Gasteiger partial charge in [0.25, 0.3) is 5.89 Å². The molecule has 2 aromatic heterocycles. The predicted molar refractivity (Wildman–Crippen MR) is 84.3 cm³/mol. The molecule has 3 aromatic rings. The monoisotopic (exact) mass is 359 g/mol. The Morgan fingerprint density at radius 2 is 2.00 bits per heavy atom. The first-order valence-electron chi connectivity index (χ1n) is 7.08. The molecule has 1 aliphatic rings. The molecule has 0 aliphatic heterocycles. The minimum absolute atomic E-state index is 0.413. The van der Waals surface area contributed by atoms with Crippen molar-refractivity contribution in [3.63, 3.8) is 0 Å². The highest BCUT2D eigenvalue weighted by atomic mass is 79.9. The van der Waals surface area contributed by atoms with E-state index in [1.807, 2.05) is 30.5 Å². The third-order valence-corrected chi connectivity index (χ3v) is 4.57. The van der Waals surface area contributed by atoms with E-state index < -0.39 is 5.54 Å². The molecule has 0 spiro atoms. The van der Waals surface area contributed by atoms with Gasteiger partial charge in [-0.25, -0.2) is 4.68 Å². The molecule has 1 saturated carbocycles. The fourth-order valence-electron chi connectivity index (χ4n) is 2.49. The van der Waals surface area contributed by atoms with Gasteiger partial charge in [0.2, 0.25) is 0 Å². The lowest BCUT2D eigenvalue weighted by molar-refractivity contribution is 0.229. The van der Waals surface area contributed by atoms with Crippen LogP contribution in [0.5, 0.6) is 0 Å². The van der Waals surface area contributed by atoms with Crippen molar-refractivity contribution in [2.24, 2.45) is 5.73 Å². The van der Waals surface area contributed by atoms with E-state index in [4.69, 9.17) is 10.3 Å². The first kappa shape index (κ1) is 13.7. The van der Waals surface area contributed by atoms with Gasteiger partial charge in [0, 0.05) is 10.7 Å². The molecule has 112 valence electrons. The predicted octanol–water partition coefficient (Wildman–Crippen LogP) is 3.02. The van der Waals surface area contributed by atoms with Crippen LogP contribution in [0.2, 0.25) is 0 Å². The molecular weight excluding hydrogens is 346 g/mol. The molecule has 0 bridgehead atoms. The van der Waals surface area contributed by atoms with Crippen LogP contribution in [0.1, 0.15) is 25.1 Å². The van der Waals surface area contributed by atoms with E-state index in [2.05, 4.69) is 31.2 Å². The number of benzene rings is 1. The molecular formula is C15H14BrN5O. The number of hydrogen-bond acceptors (Lipinski definition) is 5. The van der Waals surface area contributed by atoms with Crippen LogP contribution >= 0.6 is 15.9 Å². The lowest BCUT2D eigenvalue weighted by Gasteiger charge is -2.34. The maximum Gasteiger partial charge on any atom is 0.261 e. The Morgan fingerprint density at radius 1 is 1.23 bits per heavy atom. The highest BCUT2D eigenvalue weighted by Crippen LogP contribution is 2.37. The summed E-state index contributed by atoms with van der Waals surface area (Å²) in [6, 6.07) is 7.89. The van der Waals surface area contributed by atoms with E-state index in [1.165, 1.54) is 0 Å². The number of hydrogen-bond donors (Lipinski definition) is 1. The summed E-state index contributed by atoms with van der Waals surface area (Å²) >= 11 is 3.42. The average Bonchev–Trinajstić information content (AvgIpc) is 3.14. The molecule has 1 fully saturated rings. The number of nitrogens with two attached hydrogens (primary N) is 1. The molecule has 0 amide bonds. The van der Waals surface area contributed by atoms with Crippen LogP contribution < -0.4 is 5.73 Å². The van der Waals surface area contributed by atoms with Gasteiger partial charge in [-0.1, -0.05) is 21.1 Å². The van der Waals surface area contributed by atoms with E-state index >= 15 is 0 Å². The number of nitrogens with zero attached hydrogens (tertiary/aromatic N) is 4. The van der Waals surface area contributed by atoms with Gasteiger partial charge < -0.3 is 10.3 Å². The Hall–Kier alpha value is -1.99. The lowest BCUT2D eigenvalue weighted by Crippen LogP contribution is -2.44. The Balaban J connectivity index is 1.63. The molecule has 7 heteroatoms. The zero-order chi connectivity index (χ0) is 15.2. The maximum absolute atomic E-state index is 6.22. The molecule has 4 rings (SSSR count). The van der Waals surface area contributed by atoms with Crippen LogP contribution in [0.4, 0.5) is 0 Å². The molecule has 22 heavy (non-hydrogen) atoms. The second-order valence-corrected chi connectivity index (χ2v) is 6.50. The van der Waals surface area contributed by atoms with Crippen molar-refractivity contribution in [3.8, 4) is 17.1 Å². The lowest BCUT2D eigenvalue weighted by atomic mass is 9.77. The van der Waals surface area contributed by atoms with Crippen molar-refractivity contribution in [1.82, 2.24) is 19.9 Å². The van der Waals surface area contributed by atoms with Gasteiger partial charge in [-0.05, 0) is 43.5 Å². The van der Waals surface area contributed by atoms with Gasteiger partial charge in [0.1, 0.15) is 0 Å². The second kappa shape index (κ2) is 5.03. The van der Waals surface area contributed by atoms with E-state index in [1.54, 1.807) is 10.9 Å². The summed E-state index contributed by atoms with van der Waals surface area (Å²) in [5.41, 5.74) is 7.55. The zero-order valence-electron chi connectivity index (χ0n) is 11.7. The van der Waals surface area contributed by atoms with Crippen molar-refractivity contribution in [1.29, 1.82) is 0 Å². The average molecular weight is 360 g/mol. The van der Waals surface area contributed by atoms with Crippen LogP contribution in [-0.2, 0) is 5.54 Å². The van der Waals surface area contributed by atoms with Gasteiger partial charge in [-0.2, -0.15) is 10.1 Å². The largest absolute Gasteiger partial charge is 0.334 e. The van der Waals surface area contributed by atoms with E-state index in [0.717, 1.165) is 35.0 Å². The quantitative estimate of drug-likeness (QED) is 0.776. The summed E-state index contributed by atoms with van der Waals surface area (Å²) in [4.78, 5) is 4.43. The molecule has 0 saturated heterocycles. The smallest absolute Gasteiger partial charge is 0.261 e. The van der Waals surface area contributed by atoms with E-state index in [-0.39, 0.29) is 0 Å². The van der Waals surface area contributed by atoms with E-state index in [0.29, 0.717) is 11.7 Å². The third kappa shape index (κ3) is 2.26. The SMILES string of the molecule is NC1(c2noc(-c3cnn(-c4ccc(Br)cc4)c3)n2)CCC1. The Labute approximate surface area is 135 Å². The topological polar surface area (TPSA) is 82.8 Å². The number of halogens is 1. The van der Waals surface area contributed by atoms with Crippen molar-refractivity contribution in [2.45, 2.75) is 24.8 Å². The summed E-state index contributed by atoms with van der Waals surface area (Å²) in [6.45, 7) is 0. The van der Waals surface area contributed by atoms with Gasteiger partial charge >= 0.3 is 0 Å². The maximum atomic E-state index is 6.22. The normalized spacial score (nSPS) is 16.5. The Kier molecular flexibility index (Phi) is 3.12. The summed E-state index contributed by atoms with van der Waals surface area (Å²) in [6.07, 6.45) is 6.50. The molecule has 6 nitrogen and oxygen atoms in total. The van der Waals surface area contributed by atoms with Crippen LogP contribution in [0.25, 0.3) is 17.1 Å². The summed E-state index contributed by atoms with van der Waals surface area (Å²) in [5.74, 6) is 1.04. The highest BCUT2D eigenvalue weighted by molar-refractivity contribution is 9.10. The Bertz CT molecular complexity index is 803. The molecule has 1 aromatic carbocycles. The van der Waals surface area contributed by atoms with Gasteiger partial charge in [-0.3, -0.25) is 0 Å². The summed E-state index contributed by atoms with van der Waals surface area (Å²) in [7, 11) is 0. The zero-order valence-corrected chi connectivity index (χ0v) is 13.3. The van der Waals surface area contributed by atoms with Crippen LogP contribution in [0, 0.1) is 0 Å². The molecule has 2 N–H and O–H groups in total. The van der Waals surface area contributed by atoms with Gasteiger partial charge in [0.05, 0.1) is 23.0 Å². The van der Waals surface area contributed by atoms with Gasteiger partial charge in [-0.15, -0.1) is 0 Å². The van der Waals surface area contributed by atoms with Crippen LogP contribution in [0.15, 0.2) is 45.7 Å². The minimum Gasteiger partial charge on any atom is -0.334 e. The summed E-state index contributed by atoms with van der Waals surface area (Å²) in [5, 5.41) is 8.37. The first-order chi connectivity index (χ1) is 10.6. The van der Waals surface area contributed by atoms with Crippen molar-refractivity contribution in [3.05, 3.63) is 47.0 Å². The summed E-state index contributed by atoms with van der Waals surface area (Å²) < 4.78 is 8.14. The fourth-order valence-corrected chi connectivity index (χ4v) is 2.76. The van der Waals surface area contributed by atoms with Crippen molar-refractivity contribution >= 4 is 15.9 Å². The highest BCUT2D eigenvalue weighted by Gasteiger charge is 2.39. The van der Waals surface area contributed by atoms with Crippen molar-refractivity contribution < 1.29 is 4.52 Å². The number of rotatable bonds is 3. The molecule has 0 unspecified atom stereocenters. The molecule has 2 heterocycles. The molecule has 1 aliphatic carbocycles. The second-order valence-electron chi connectivity index (χ2n) is 5.58. The van der Waals surface area contributed by atoms with Crippen LogP contribution in [0.3, 0.4) is 0 Å². The van der Waals surface area contributed by atoms with Crippen molar-refractivity contribution in [2.75, 3.05) is 0 Å². The molecule has 0 atom stereocenters. The third-order valence-electron chi connectivity index (χ3n) is 4.04. The number of aromatic nitrogens is 4. The molecule has 0 radical (unpaired) electrons. The fraction of sp³-hybridized carbons (Fsp3) is 0.267. The van der Waals surface area contributed by atoms with E-state index in [9.17, 15) is 0 Å². The first-order valence-corrected chi connectivity index (χ1v) is 7.87. The van der Waals surface area contributed by atoms with Gasteiger partial charge in [0.15, 0.2) is 5.82 Å². The minimum atomic E-state index is -0.413. The Morgan fingerprint density at radius 3 is 2.68 bits per heavy atom. The standard InChI is InChI=1S/C15H14BrN5O/c16-11-2-4-12(5-3-11)21-9-10(8-18-21)13-19-14(20-22-13)15(17)6-1-7-15/h2-5,8-9H,1,6-7,17H2.